The van der Waals surface area contributed by atoms with Gasteiger partial charge in [0.05, 0.1) is 26.7 Å². The average molecular weight is 494 g/mol. The first-order valence-electron chi connectivity index (χ1n) is 9.76. The number of aromatic nitrogens is 3. The Morgan fingerprint density at radius 1 is 0.676 bits per heavy atom. The summed E-state index contributed by atoms with van der Waals surface area (Å²) < 4.78 is 0. The molecule has 2 aromatic heterocycles. The van der Waals surface area contributed by atoms with E-state index in [0.29, 0.717) is 11.5 Å². The molecule has 34 heavy (non-hydrogen) atoms. The van der Waals surface area contributed by atoms with Crippen LogP contribution in [-0.2, 0) is 0 Å². The molecule has 0 aliphatic heterocycles. The van der Waals surface area contributed by atoms with Crippen LogP contribution in [-0.4, -0.2) is 26.5 Å². The molecule has 0 amide bonds. The van der Waals surface area contributed by atoms with Crippen LogP contribution in [0.25, 0.3) is 11.5 Å². The lowest BCUT2D eigenvalue weighted by Crippen LogP contribution is -2.23. The number of fused-ring (bicyclic) bond motifs is 2. The molecule has 0 radical (unpaired) electrons. The van der Waals surface area contributed by atoms with Crippen molar-refractivity contribution in [3.63, 3.8) is 0 Å². The van der Waals surface area contributed by atoms with E-state index in [1.807, 2.05) is 6.07 Å². The Bertz CT molecular complexity index is 1440. The van der Waals surface area contributed by atoms with Crippen molar-refractivity contribution in [2.45, 2.75) is 0 Å². The summed E-state index contributed by atoms with van der Waals surface area (Å²) in [5.74, 6) is 0.0192. The van der Waals surface area contributed by atoms with Crippen LogP contribution in [0.3, 0.4) is 0 Å². The van der Waals surface area contributed by atoms with E-state index in [4.69, 9.17) is 46.1 Å². The zero-order valence-corrected chi connectivity index (χ0v) is 18.9. The van der Waals surface area contributed by atoms with Crippen molar-refractivity contribution in [1.82, 2.24) is 15.0 Å². The first-order valence-corrected chi connectivity index (χ1v) is 10.5. The van der Waals surface area contributed by atoms with E-state index in [1.165, 1.54) is 12.1 Å². The van der Waals surface area contributed by atoms with E-state index in [1.54, 1.807) is 36.5 Å². The number of hydrogen-bond donors (Lipinski definition) is 4. The van der Waals surface area contributed by atoms with Crippen molar-refractivity contribution in [1.29, 1.82) is 0 Å². The number of nitrogens with two attached hydrogens (primary N) is 4. The molecule has 0 saturated carbocycles. The SMILES string of the molecule is Nc1cccc2c1C(=O)c1c(Cl)ccc(Cl)c1C2=O.Nc1nc(-c2ccccn2)nc(N)c1N. The number of nitrogen functional groups attached to an aromatic ring is 4. The fourth-order valence-corrected chi connectivity index (χ4v) is 3.87. The summed E-state index contributed by atoms with van der Waals surface area (Å²) in [6, 6.07) is 13.2. The molecule has 2 aromatic carbocycles. The molecular weight excluding hydrogens is 477 g/mol. The Hall–Kier alpha value is -4.21. The van der Waals surface area contributed by atoms with Gasteiger partial charge < -0.3 is 22.9 Å². The number of anilines is 4. The molecule has 1 aliphatic rings. The summed E-state index contributed by atoms with van der Waals surface area (Å²) in [5, 5.41) is 0.414. The molecule has 0 spiro atoms. The fourth-order valence-electron chi connectivity index (χ4n) is 3.38. The van der Waals surface area contributed by atoms with Gasteiger partial charge in [0.15, 0.2) is 29.0 Å². The minimum absolute atomic E-state index is 0.129. The van der Waals surface area contributed by atoms with Crippen LogP contribution in [0.1, 0.15) is 31.8 Å². The molecule has 170 valence electrons. The number of ketones is 2. The van der Waals surface area contributed by atoms with Gasteiger partial charge in [0.25, 0.3) is 0 Å². The Morgan fingerprint density at radius 2 is 1.29 bits per heavy atom. The Morgan fingerprint density at radius 3 is 1.88 bits per heavy atom. The van der Waals surface area contributed by atoms with E-state index < -0.39 is 0 Å². The molecule has 1 aliphatic carbocycles. The van der Waals surface area contributed by atoms with E-state index in [-0.39, 0.29) is 66.9 Å². The van der Waals surface area contributed by atoms with Crippen molar-refractivity contribution in [2.24, 2.45) is 0 Å². The van der Waals surface area contributed by atoms with Crippen molar-refractivity contribution >= 4 is 57.8 Å². The molecule has 0 saturated heterocycles. The summed E-state index contributed by atoms with van der Waals surface area (Å²) in [6.45, 7) is 0. The number of carbonyl (C=O) groups excluding carboxylic acids is 2. The van der Waals surface area contributed by atoms with Gasteiger partial charge in [-0.3, -0.25) is 14.6 Å². The fraction of sp³-hybridized carbons (Fsp3) is 0. The second-order valence-corrected chi connectivity index (χ2v) is 7.97. The standard InChI is InChI=1S/C14H7Cl2NO2.C9H10N6/c15-7-4-5-8(16)12-11(7)13(18)6-2-1-3-9(17)10(6)14(12)19;10-6-7(11)14-9(15-8(6)12)5-3-1-2-4-13-5/h1-5H,17H2;1-4H,10H2,(H4,11,12,14,15). The molecule has 11 heteroatoms. The zero-order valence-electron chi connectivity index (χ0n) is 17.4. The molecule has 2 heterocycles. The van der Waals surface area contributed by atoms with Gasteiger partial charge in [0, 0.05) is 17.4 Å². The lowest BCUT2D eigenvalue weighted by Gasteiger charge is -2.20. The lowest BCUT2D eigenvalue weighted by atomic mass is 9.83. The molecule has 0 fully saturated rings. The van der Waals surface area contributed by atoms with Gasteiger partial charge in [-0.1, -0.05) is 41.4 Å². The van der Waals surface area contributed by atoms with Crippen LogP contribution in [0.4, 0.5) is 23.0 Å². The molecule has 5 rings (SSSR count). The smallest absolute Gasteiger partial charge is 0.198 e. The molecule has 4 aromatic rings. The maximum atomic E-state index is 12.5. The second kappa shape index (κ2) is 8.97. The first kappa shape index (κ1) is 23.0. The highest BCUT2D eigenvalue weighted by Crippen LogP contribution is 2.37. The lowest BCUT2D eigenvalue weighted by molar-refractivity contribution is 0.0980. The summed E-state index contributed by atoms with van der Waals surface area (Å²) in [4.78, 5) is 37.0. The van der Waals surface area contributed by atoms with Crippen LogP contribution < -0.4 is 22.9 Å². The van der Waals surface area contributed by atoms with E-state index in [9.17, 15) is 9.59 Å². The zero-order chi connectivity index (χ0) is 24.6. The molecular formula is C23H17Cl2N7O2. The number of hydrogen-bond acceptors (Lipinski definition) is 9. The molecule has 8 N–H and O–H groups in total. The minimum Gasteiger partial charge on any atom is -0.398 e. The maximum Gasteiger partial charge on any atom is 0.198 e. The normalized spacial score (nSPS) is 11.8. The van der Waals surface area contributed by atoms with Crippen LogP contribution >= 0.6 is 23.2 Å². The third-order valence-electron chi connectivity index (χ3n) is 5.02. The summed E-state index contributed by atoms with van der Waals surface area (Å²) in [6.07, 6.45) is 1.64. The molecule has 0 unspecified atom stereocenters. The number of halogens is 2. The second-order valence-electron chi connectivity index (χ2n) is 7.15. The third-order valence-corrected chi connectivity index (χ3v) is 5.65. The van der Waals surface area contributed by atoms with Crippen LogP contribution in [0.2, 0.25) is 10.0 Å². The molecule has 0 atom stereocenters. The van der Waals surface area contributed by atoms with E-state index in [0.717, 1.165) is 0 Å². The summed E-state index contributed by atoms with van der Waals surface area (Å²) in [5.41, 5.74) is 24.3. The largest absolute Gasteiger partial charge is 0.398 e. The number of carbonyl (C=O) groups is 2. The van der Waals surface area contributed by atoms with E-state index >= 15 is 0 Å². The molecule has 0 bridgehead atoms. The number of rotatable bonds is 1. The quantitative estimate of drug-likeness (QED) is 0.253. The average Bonchev–Trinajstić information content (AvgIpc) is 2.83. The van der Waals surface area contributed by atoms with Crippen LogP contribution in [0.15, 0.2) is 54.7 Å². The number of pyridine rings is 1. The van der Waals surface area contributed by atoms with Crippen molar-refractivity contribution in [2.75, 3.05) is 22.9 Å². The number of nitrogens with zero attached hydrogens (tertiary/aromatic N) is 3. The van der Waals surface area contributed by atoms with Crippen molar-refractivity contribution < 1.29 is 9.59 Å². The predicted molar refractivity (Wildman–Crippen MR) is 133 cm³/mol. The summed E-state index contributed by atoms with van der Waals surface area (Å²) in [7, 11) is 0. The topological polar surface area (TPSA) is 177 Å². The van der Waals surface area contributed by atoms with Gasteiger partial charge in [-0.2, -0.15) is 0 Å². The predicted octanol–water partition coefficient (Wildman–Crippen LogP) is 3.64. The van der Waals surface area contributed by atoms with Gasteiger partial charge in [0.1, 0.15) is 11.4 Å². The van der Waals surface area contributed by atoms with Crippen LogP contribution in [0.5, 0.6) is 0 Å². The minimum atomic E-state index is -0.366. The number of benzene rings is 2. The monoisotopic (exact) mass is 493 g/mol. The highest BCUT2D eigenvalue weighted by molar-refractivity contribution is 6.43. The van der Waals surface area contributed by atoms with Gasteiger partial charge >= 0.3 is 0 Å². The third kappa shape index (κ3) is 3.98. The Labute approximate surface area is 203 Å². The van der Waals surface area contributed by atoms with Crippen molar-refractivity contribution in [3.8, 4) is 11.5 Å². The maximum absolute atomic E-state index is 12.5. The van der Waals surface area contributed by atoms with Crippen molar-refractivity contribution in [3.05, 3.63) is 87.0 Å². The highest BCUT2D eigenvalue weighted by atomic mass is 35.5. The van der Waals surface area contributed by atoms with Gasteiger partial charge in [-0.15, -0.1) is 0 Å². The highest BCUT2D eigenvalue weighted by Gasteiger charge is 2.34. The van der Waals surface area contributed by atoms with E-state index in [2.05, 4.69) is 15.0 Å². The van der Waals surface area contributed by atoms with Gasteiger partial charge in [-0.05, 0) is 30.3 Å². The first-order chi connectivity index (χ1) is 16.2. The molecule has 9 nitrogen and oxygen atoms in total. The summed E-state index contributed by atoms with van der Waals surface area (Å²) >= 11 is 12.0. The Balaban J connectivity index is 0.000000166. The van der Waals surface area contributed by atoms with Crippen LogP contribution in [0, 0.1) is 0 Å². The Kier molecular flexibility index (Phi) is 6.06. The van der Waals surface area contributed by atoms with Gasteiger partial charge in [0.2, 0.25) is 0 Å². The van der Waals surface area contributed by atoms with Gasteiger partial charge in [-0.25, -0.2) is 9.97 Å².